The number of Topliss-reactive ketones (excluding diaryl/α,β-unsaturated/α-hetero) is 1. The lowest BCUT2D eigenvalue weighted by Gasteiger charge is -2.44. The van der Waals surface area contributed by atoms with Crippen molar-refractivity contribution in [2.75, 3.05) is 25.0 Å². The lowest BCUT2D eigenvalue weighted by atomic mass is 9.91. The van der Waals surface area contributed by atoms with Gasteiger partial charge in [-0.15, -0.1) is 0 Å². The molecule has 2 aromatic carbocycles. The Kier molecular flexibility index (Phi) is 9.66. The molecule has 1 heterocycles. The average Bonchev–Trinajstić information content (AvgIpc) is 2.82. The summed E-state index contributed by atoms with van der Waals surface area (Å²) >= 11 is 22.4. The fourth-order valence-corrected chi connectivity index (χ4v) is 4.03. The van der Waals surface area contributed by atoms with Crippen molar-refractivity contribution in [2.45, 2.75) is 35.8 Å². The number of alkyl halides is 3. The second kappa shape index (κ2) is 12.1. The zero-order chi connectivity index (χ0) is 27.4. The van der Waals surface area contributed by atoms with Crippen molar-refractivity contribution < 1.29 is 23.5 Å². The quantitative estimate of drug-likeness (QED) is 0.403. The number of imide groups is 1. The lowest BCUT2D eigenvalue weighted by Crippen LogP contribution is -2.66. The minimum Gasteiger partial charge on any atom is -0.486 e. The van der Waals surface area contributed by atoms with Crippen molar-refractivity contribution in [2.24, 2.45) is 0 Å². The van der Waals surface area contributed by atoms with Crippen LogP contribution in [0.25, 0.3) is 0 Å². The summed E-state index contributed by atoms with van der Waals surface area (Å²) in [5, 5.41) is 7.63. The molecule has 200 valence electrons. The molecule has 1 aliphatic rings. The maximum Gasteiger partial charge on any atom is 0.326 e. The molecule has 0 bridgehead atoms. The first-order valence-electron chi connectivity index (χ1n) is 11.1. The Hall–Kier alpha value is -2.14. The molecule has 2 unspecified atom stereocenters. The predicted octanol–water partition coefficient (Wildman–Crippen LogP) is 4.70. The Morgan fingerprint density at radius 2 is 1.86 bits per heavy atom. The molecule has 0 aromatic heterocycles. The van der Waals surface area contributed by atoms with E-state index in [1.165, 1.54) is 30.3 Å². The van der Waals surface area contributed by atoms with Crippen LogP contribution in [-0.2, 0) is 16.1 Å². The number of carbonyl (C=O) groups excluding carboxylic acids is 3. The summed E-state index contributed by atoms with van der Waals surface area (Å²) in [5.41, 5.74) is 0.265. The number of carbonyl (C=O) groups is 3. The van der Waals surface area contributed by atoms with Crippen LogP contribution in [0.2, 0.25) is 5.02 Å². The molecule has 1 saturated heterocycles. The molecular weight excluding hydrogens is 569 g/mol. The molecule has 0 spiro atoms. The summed E-state index contributed by atoms with van der Waals surface area (Å²) in [6.45, 7) is 5.28. The summed E-state index contributed by atoms with van der Waals surface area (Å²) < 4.78 is 16.6. The van der Waals surface area contributed by atoms with Crippen LogP contribution in [0, 0.1) is 5.82 Å². The van der Waals surface area contributed by atoms with Crippen LogP contribution in [0.1, 0.15) is 19.4 Å². The molecule has 8 nitrogen and oxygen atoms in total. The third-order valence-corrected chi connectivity index (χ3v) is 6.72. The van der Waals surface area contributed by atoms with Crippen LogP contribution >= 0.6 is 46.4 Å². The van der Waals surface area contributed by atoms with Gasteiger partial charge in [0.1, 0.15) is 18.2 Å². The number of ether oxygens (including phenoxy) is 1. The zero-order valence-electron chi connectivity index (χ0n) is 19.9. The molecule has 1 fully saturated rings. The van der Waals surface area contributed by atoms with Gasteiger partial charge >= 0.3 is 6.03 Å². The highest BCUT2D eigenvalue weighted by Crippen LogP contribution is 2.28. The summed E-state index contributed by atoms with van der Waals surface area (Å²) in [4.78, 5) is 38.8. The summed E-state index contributed by atoms with van der Waals surface area (Å²) in [6, 6.07) is 9.89. The van der Waals surface area contributed by atoms with Crippen LogP contribution in [0.5, 0.6) is 5.75 Å². The van der Waals surface area contributed by atoms with E-state index < -0.39 is 21.3 Å². The molecule has 3 amide bonds. The van der Waals surface area contributed by atoms with E-state index in [0.717, 1.165) is 5.56 Å². The van der Waals surface area contributed by atoms with Crippen molar-refractivity contribution in [3.63, 3.8) is 0 Å². The van der Waals surface area contributed by atoms with Gasteiger partial charge in [-0.1, -0.05) is 58.5 Å². The summed E-state index contributed by atoms with van der Waals surface area (Å²) in [7, 11) is 0. The standard InChI is InChI=1S/C24H25Cl4FN4O4/c1-14-10-30-23(2,13-33(14)11-15-3-5-16(29)6-4-15)20(34)12-37-17-7-8-19(18(25)9-17)31-22(36)32-21(35)24(26,27)28/h3-9,14,30H,10-13H2,1-2H3,(H2,31,32,35,36). The van der Waals surface area contributed by atoms with Crippen LogP contribution in [0.15, 0.2) is 42.5 Å². The lowest BCUT2D eigenvalue weighted by molar-refractivity contribution is -0.129. The zero-order valence-corrected chi connectivity index (χ0v) is 22.9. The van der Waals surface area contributed by atoms with Gasteiger partial charge in [-0.3, -0.25) is 19.8 Å². The van der Waals surface area contributed by atoms with Gasteiger partial charge in [0.05, 0.1) is 16.2 Å². The first-order chi connectivity index (χ1) is 17.3. The molecule has 2 atom stereocenters. The Morgan fingerprint density at radius 1 is 1.19 bits per heavy atom. The van der Waals surface area contributed by atoms with Crippen LogP contribution in [0.3, 0.4) is 0 Å². The minimum absolute atomic E-state index is 0.0998. The van der Waals surface area contributed by atoms with Gasteiger partial charge in [-0.05, 0) is 43.7 Å². The number of nitrogens with zero attached hydrogens (tertiary/aromatic N) is 1. The minimum atomic E-state index is -2.30. The van der Waals surface area contributed by atoms with E-state index in [-0.39, 0.29) is 35.0 Å². The number of hydrogen-bond donors (Lipinski definition) is 3. The van der Waals surface area contributed by atoms with Crippen molar-refractivity contribution >= 4 is 69.8 Å². The van der Waals surface area contributed by atoms with E-state index in [9.17, 15) is 18.8 Å². The van der Waals surface area contributed by atoms with Crippen molar-refractivity contribution in [3.8, 4) is 5.75 Å². The summed E-state index contributed by atoms with van der Waals surface area (Å²) in [6.07, 6.45) is 0. The molecule has 1 aliphatic heterocycles. The van der Waals surface area contributed by atoms with Gasteiger partial charge in [0.15, 0.2) is 5.78 Å². The Labute approximate surface area is 233 Å². The monoisotopic (exact) mass is 592 g/mol. The number of urea groups is 1. The summed E-state index contributed by atoms with van der Waals surface area (Å²) in [5.74, 6) is -1.28. The number of piperazine rings is 1. The van der Waals surface area contributed by atoms with Crippen LogP contribution < -0.4 is 20.7 Å². The number of benzene rings is 2. The molecule has 0 radical (unpaired) electrons. The highest BCUT2D eigenvalue weighted by molar-refractivity contribution is 6.76. The molecule has 0 saturated carbocycles. The highest BCUT2D eigenvalue weighted by atomic mass is 35.6. The van der Waals surface area contributed by atoms with Gasteiger partial charge in [0, 0.05) is 31.7 Å². The van der Waals surface area contributed by atoms with E-state index in [1.807, 2.05) is 12.2 Å². The van der Waals surface area contributed by atoms with Crippen LogP contribution in [0.4, 0.5) is 14.9 Å². The number of rotatable bonds is 7. The normalized spacial score (nSPS) is 20.2. The second-order valence-corrected chi connectivity index (χ2v) is 11.5. The van der Waals surface area contributed by atoms with E-state index in [0.29, 0.717) is 25.4 Å². The predicted molar refractivity (Wildman–Crippen MR) is 142 cm³/mol. The first-order valence-corrected chi connectivity index (χ1v) is 12.7. The van der Waals surface area contributed by atoms with Crippen molar-refractivity contribution in [3.05, 3.63) is 58.9 Å². The van der Waals surface area contributed by atoms with E-state index in [2.05, 4.69) is 22.5 Å². The van der Waals surface area contributed by atoms with E-state index in [1.54, 1.807) is 12.1 Å². The maximum atomic E-state index is 13.2. The first kappa shape index (κ1) is 29.4. The molecule has 3 rings (SSSR count). The Morgan fingerprint density at radius 3 is 2.49 bits per heavy atom. The Bertz CT molecular complexity index is 1160. The molecule has 13 heteroatoms. The molecule has 3 N–H and O–H groups in total. The fraction of sp³-hybridized carbons (Fsp3) is 0.375. The van der Waals surface area contributed by atoms with Gasteiger partial charge in [-0.2, -0.15) is 0 Å². The van der Waals surface area contributed by atoms with Crippen molar-refractivity contribution in [1.29, 1.82) is 0 Å². The molecule has 37 heavy (non-hydrogen) atoms. The van der Waals surface area contributed by atoms with Gasteiger partial charge in [-0.25, -0.2) is 9.18 Å². The third-order valence-electron chi connectivity index (χ3n) is 5.89. The number of hydrogen-bond acceptors (Lipinski definition) is 6. The maximum absolute atomic E-state index is 13.2. The van der Waals surface area contributed by atoms with Crippen molar-refractivity contribution in [1.82, 2.24) is 15.5 Å². The number of anilines is 1. The highest BCUT2D eigenvalue weighted by Gasteiger charge is 2.40. The topological polar surface area (TPSA) is 99.8 Å². The van der Waals surface area contributed by atoms with Crippen LogP contribution in [-0.4, -0.2) is 57.7 Å². The SMILES string of the molecule is CC1CNC(C)(C(=O)COc2ccc(NC(=O)NC(=O)C(Cl)(Cl)Cl)c(Cl)c2)CN1Cc1ccc(F)cc1. The second-order valence-electron chi connectivity index (χ2n) is 8.85. The van der Waals surface area contributed by atoms with E-state index in [4.69, 9.17) is 51.1 Å². The third kappa shape index (κ3) is 8.17. The van der Waals surface area contributed by atoms with Gasteiger partial charge in [0.2, 0.25) is 0 Å². The Balaban J connectivity index is 1.57. The van der Waals surface area contributed by atoms with Gasteiger partial charge in [0.25, 0.3) is 9.70 Å². The molecular formula is C24H25Cl4FN4O4. The number of amides is 3. The number of nitrogens with one attached hydrogen (secondary N) is 3. The van der Waals surface area contributed by atoms with E-state index >= 15 is 0 Å². The van der Waals surface area contributed by atoms with Gasteiger partial charge < -0.3 is 15.4 Å². The fourth-order valence-electron chi connectivity index (χ4n) is 3.67. The number of halogens is 5. The smallest absolute Gasteiger partial charge is 0.326 e. The number of ketones is 1. The average molecular weight is 594 g/mol. The molecule has 2 aromatic rings. The largest absolute Gasteiger partial charge is 0.486 e. The molecule has 0 aliphatic carbocycles.